The Morgan fingerprint density at radius 2 is 1.62 bits per heavy atom. The number of hydrogen-bond donors (Lipinski definition) is 0. The molecule has 1 aliphatic rings. The lowest BCUT2D eigenvalue weighted by Gasteiger charge is -2.17. The zero-order chi connectivity index (χ0) is 25.0. The van der Waals surface area contributed by atoms with E-state index in [4.69, 9.17) is 9.72 Å². The third-order valence-electron chi connectivity index (χ3n) is 7.29. The van der Waals surface area contributed by atoms with Gasteiger partial charge in [-0.15, -0.1) is 0 Å². The molecule has 1 amide bonds. The number of carbonyl (C=O) groups is 1. The van der Waals surface area contributed by atoms with Crippen molar-refractivity contribution >= 4 is 27.7 Å². The smallest absolute Gasteiger partial charge is 0.223 e. The average molecular weight is 490 g/mol. The number of nitrogens with zero attached hydrogens (tertiary/aromatic N) is 3. The first-order valence-corrected chi connectivity index (χ1v) is 13.1. The van der Waals surface area contributed by atoms with Crippen LogP contribution in [-0.4, -0.2) is 40.1 Å². The van der Waals surface area contributed by atoms with Crippen LogP contribution < -0.4 is 4.74 Å². The van der Waals surface area contributed by atoms with Crippen molar-refractivity contribution in [3.8, 4) is 5.75 Å². The first-order chi connectivity index (χ1) is 18.2. The molecule has 0 N–H and O–H groups in total. The van der Waals surface area contributed by atoms with Gasteiger partial charge in [0.15, 0.2) is 0 Å². The highest BCUT2D eigenvalue weighted by atomic mass is 16.5. The molecule has 1 unspecified atom stereocenters. The topological polar surface area (TPSA) is 47.4 Å². The maximum atomic E-state index is 12.9. The number of rotatable bonds is 9. The first-order valence-electron chi connectivity index (χ1n) is 13.1. The number of para-hydroxylation sites is 2. The van der Waals surface area contributed by atoms with E-state index >= 15 is 0 Å². The second-order valence-corrected chi connectivity index (χ2v) is 9.80. The summed E-state index contributed by atoms with van der Waals surface area (Å²) in [7, 11) is 0. The third-order valence-corrected chi connectivity index (χ3v) is 7.29. The van der Waals surface area contributed by atoms with Crippen molar-refractivity contribution < 1.29 is 9.53 Å². The number of amides is 1. The highest BCUT2D eigenvalue weighted by molar-refractivity contribution is 5.83. The summed E-state index contributed by atoms with van der Waals surface area (Å²) in [6.45, 7) is 2.90. The predicted octanol–water partition coefficient (Wildman–Crippen LogP) is 6.22. The Bertz CT molecular complexity index is 1530. The molecule has 6 rings (SSSR count). The van der Waals surface area contributed by atoms with Gasteiger partial charge in [0.2, 0.25) is 5.91 Å². The second kappa shape index (κ2) is 10.5. The number of carbonyl (C=O) groups excluding carboxylic acids is 1. The Morgan fingerprint density at radius 1 is 0.838 bits per heavy atom. The number of likely N-dealkylation sites (tertiary alicyclic amines) is 1. The summed E-state index contributed by atoms with van der Waals surface area (Å²) in [5.74, 6) is 2.24. The van der Waals surface area contributed by atoms with Crippen molar-refractivity contribution in [3.05, 3.63) is 108 Å². The van der Waals surface area contributed by atoms with Gasteiger partial charge < -0.3 is 14.2 Å². The lowest BCUT2D eigenvalue weighted by Crippen LogP contribution is -2.27. The van der Waals surface area contributed by atoms with E-state index in [1.165, 1.54) is 16.3 Å². The molecule has 5 aromatic rings. The Balaban J connectivity index is 1.13. The van der Waals surface area contributed by atoms with Crippen LogP contribution in [0.1, 0.15) is 30.1 Å². The minimum absolute atomic E-state index is 0.108. The molecule has 0 radical (unpaired) electrons. The van der Waals surface area contributed by atoms with E-state index in [1.54, 1.807) is 0 Å². The summed E-state index contributed by atoms with van der Waals surface area (Å²) in [6.07, 6.45) is 2.26. The van der Waals surface area contributed by atoms with Gasteiger partial charge in [-0.1, -0.05) is 72.8 Å². The van der Waals surface area contributed by atoms with Gasteiger partial charge in [0.05, 0.1) is 17.6 Å². The van der Waals surface area contributed by atoms with Gasteiger partial charge in [-0.3, -0.25) is 4.79 Å². The standard InChI is InChI=1S/C32H31N3O2/c36-31-22-27(23-34(31)19-17-24-9-2-1-3-10-24)32-33-29-13-6-7-14-30(29)35(32)18-8-20-37-28-16-15-25-11-4-5-12-26(25)21-28/h1-7,9-16,21,27H,8,17-20,22-23H2. The molecule has 1 fully saturated rings. The molecule has 1 aliphatic heterocycles. The molecule has 1 saturated heterocycles. The van der Waals surface area contributed by atoms with E-state index in [0.29, 0.717) is 13.0 Å². The Kier molecular flexibility index (Phi) is 6.59. The average Bonchev–Trinajstić information content (AvgIpc) is 3.50. The Labute approximate surface area is 217 Å². The van der Waals surface area contributed by atoms with Crippen molar-refractivity contribution in [2.75, 3.05) is 19.7 Å². The third kappa shape index (κ3) is 5.08. The number of aryl methyl sites for hydroxylation is 1. The molecule has 2 heterocycles. The van der Waals surface area contributed by atoms with Crippen molar-refractivity contribution in [2.24, 2.45) is 0 Å². The lowest BCUT2D eigenvalue weighted by molar-refractivity contribution is -0.127. The SMILES string of the molecule is O=C1CC(c2nc3ccccc3n2CCCOc2ccc3ccccc3c2)CN1CCc1ccccc1. The van der Waals surface area contributed by atoms with Gasteiger partial charge in [0.1, 0.15) is 11.6 Å². The Morgan fingerprint density at radius 3 is 2.51 bits per heavy atom. The summed E-state index contributed by atoms with van der Waals surface area (Å²) < 4.78 is 8.41. The molecule has 5 nitrogen and oxygen atoms in total. The van der Waals surface area contributed by atoms with Gasteiger partial charge in [0, 0.05) is 32.0 Å². The molecule has 0 aliphatic carbocycles. The van der Waals surface area contributed by atoms with Crippen molar-refractivity contribution in [3.63, 3.8) is 0 Å². The highest BCUT2D eigenvalue weighted by Gasteiger charge is 2.33. The van der Waals surface area contributed by atoms with E-state index in [-0.39, 0.29) is 11.8 Å². The normalized spacial score (nSPS) is 15.6. The quantitative estimate of drug-likeness (QED) is 0.231. The van der Waals surface area contributed by atoms with Crippen LogP contribution in [-0.2, 0) is 17.8 Å². The van der Waals surface area contributed by atoms with E-state index in [1.807, 2.05) is 29.2 Å². The molecular weight excluding hydrogens is 458 g/mol. The molecule has 4 aromatic carbocycles. The molecule has 5 heteroatoms. The van der Waals surface area contributed by atoms with Crippen LogP contribution in [0.5, 0.6) is 5.75 Å². The van der Waals surface area contributed by atoms with Gasteiger partial charge in [-0.25, -0.2) is 4.98 Å². The van der Waals surface area contributed by atoms with Gasteiger partial charge in [0.25, 0.3) is 0 Å². The summed E-state index contributed by atoms with van der Waals surface area (Å²) in [5, 5.41) is 2.40. The minimum Gasteiger partial charge on any atom is -0.494 e. The summed E-state index contributed by atoms with van der Waals surface area (Å²) in [5.41, 5.74) is 3.37. The lowest BCUT2D eigenvalue weighted by atomic mass is 10.1. The number of imidazole rings is 1. The largest absolute Gasteiger partial charge is 0.494 e. The highest BCUT2D eigenvalue weighted by Crippen LogP contribution is 2.31. The minimum atomic E-state index is 0.108. The molecule has 0 bridgehead atoms. The van der Waals surface area contributed by atoms with Crippen LogP contribution in [0.25, 0.3) is 21.8 Å². The number of ether oxygens (including phenoxy) is 1. The van der Waals surface area contributed by atoms with Crippen molar-refractivity contribution in [2.45, 2.75) is 31.7 Å². The maximum Gasteiger partial charge on any atom is 0.223 e. The zero-order valence-electron chi connectivity index (χ0n) is 20.9. The van der Waals surface area contributed by atoms with E-state index < -0.39 is 0 Å². The fraction of sp³-hybridized carbons (Fsp3) is 0.250. The van der Waals surface area contributed by atoms with E-state index in [0.717, 1.165) is 55.1 Å². The van der Waals surface area contributed by atoms with Crippen LogP contribution in [0.2, 0.25) is 0 Å². The summed E-state index contributed by atoms with van der Waals surface area (Å²) >= 11 is 0. The molecule has 0 spiro atoms. The van der Waals surface area contributed by atoms with Crippen LogP contribution in [0.4, 0.5) is 0 Å². The van der Waals surface area contributed by atoms with E-state index in [2.05, 4.69) is 77.4 Å². The number of hydrogen-bond acceptors (Lipinski definition) is 3. The summed E-state index contributed by atoms with van der Waals surface area (Å²) in [6, 6.07) is 33.2. The number of aromatic nitrogens is 2. The molecule has 1 aromatic heterocycles. The second-order valence-electron chi connectivity index (χ2n) is 9.80. The van der Waals surface area contributed by atoms with Gasteiger partial charge in [-0.05, 0) is 53.4 Å². The first kappa shape index (κ1) is 23.3. The fourth-order valence-electron chi connectivity index (χ4n) is 5.38. The number of benzene rings is 4. The van der Waals surface area contributed by atoms with Crippen molar-refractivity contribution in [1.82, 2.24) is 14.5 Å². The monoisotopic (exact) mass is 489 g/mol. The zero-order valence-corrected chi connectivity index (χ0v) is 20.9. The predicted molar refractivity (Wildman–Crippen MR) is 148 cm³/mol. The maximum absolute atomic E-state index is 12.9. The van der Waals surface area contributed by atoms with Crippen molar-refractivity contribution in [1.29, 1.82) is 0 Å². The van der Waals surface area contributed by atoms with Gasteiger partial charge in [-0.2, -0.15) is 0 Å². The molecule has 186 valence electrons. The summed E-state index contributed by atoms with van der Waals surface area (Å²) in [4.78, 5) is 19.9. The number of fused-ring (bicyclic) bond motifs is 2. The molecule has 1 atom stereocenters. The molecule has 0 saturated carbocycles. The van der Waals surface area contributed by atoms with Crippen LogP contribution >= 0.6 is 0 Å². The van der Waals surface area contributed by atoms with Crippen LogP contribution in [0, 0.1) is 0 Å². The van der Waals surface area contributed by atoms with Gasteiger partial charge >= 0.3 is 0 Å². The fourth-order valence-corrected chi connectivity index (χ4v) is 5.38. The van der Waals surface area contributed by atoms with E-state index in [9.17, 15) is 4.79 Å². The van der Waals surface area contributed by atoms with Crippen LogP contribution in [0.3, 0.4) is 0 Å². The molecule has 37 heavy (non-hydrogen) atoms. The Hall–Kier alpha value is -4.12. The molecular formula is C32H31N3O2. The van der Waals surface area contributed by atoms with Crippen LogP contribution in [0.15, 0.2) is 97.1 Å².